The van der Waals surface area contributed by atoms with Gasteiger partial charge in [0.1, 0.15) is 0 Å². The minimum Gasteiger partial charge on any atom is -0.502 e. The van der Waals surface area contributed by atoms with Gasteiger partial charge in [0, 0.05) is 7.11 Å². The molecule has 0 N–H and O–H groups in total. The van der Waals surface area contributed by atoms with Gasteiger partial charge in [-0.15, -0.1) is 0 Å². The molecule has 1 unspecified atom stereocenters. The monoisotopic (exact) mass is 326 g/mol. The van der Waals surface area contributed by atoms with Crippen molar-refractivity contribution in [3.63, 3.8) is 0 Å². The zero-order chi connectivity index (χ0) is 17.4. The van der Waals surface area contributed by atoms with Gasteiger partial charge in [-0.05, 0) is 44.9 Å². The van der Waals surface area contributed by atoms with E-state index in [-0.39, 0.29) is 5.60 Å². The summed E-state index contributed by atoms with van der Waals surface area (Å²) in [5, 5.41) is 0. The van der Waals surface area contributed by atoms with Crippen molar-refractivity contribution in [1.82, 2.24) is 0 Å². The summed E-state index contributed by atoms with van der Waals surface area (Å²) in [4.78, 5) is 0. The van der Waals surface area contributed by atoms with E-state index in [1.165, 1.54) is 51.4 Å². The predicted octanol–water partition coefficient (Wildman–Crippen LogP) is 6.89. The number of hydrogen-bond donors (Lipinski definition) is 0. The minimum atomic E-state index is 0.0595. The molecule has 0 aromatic carbocycles. The molecule has 0 heterocycles. The second-order valence-corrected chi connectivity index (χ2v) is 6.71. The van der Waals surface area contributed by atoms with Crippen LogP contribution in [0.15, 0.2) is 12.3 Å². The lowest BCUT2D eigenvalue weighted by molar-refractivity contribution is -0.0719. The van der Waals surface area contributed by atoms with Crippen molar-refractivity contribution >= 4 is 0 Å². The van der Waals surface area contributed by atoms with Gasteiger partial charge in [-0.1, -0.05) is 65.4 Å². The standard InChI is InChI=1S/C21H42O2/c1-6-10-11-12-13-14-16-20(17-15-19-23-18-7-2)21(8-3,9-4)22-5/h7,18,20H,6,8-17,19H2,1-5H3. The third-order valence-electron chi connectivity index (χ3n) is 5.30. The molecule has 2 heteroatoms. The van der Waals surface area contributed by atoms with Crippen LogP contribution in [0.1, 0.15) is 98.3 Å². The van der Waals surface area contributed by atoms with Crippen LogP contribution in [-0.4, -0.2) is 19.3 Å². The van der Waals surface area contributed by atoms with Gasteiger partial charge < -0.3 is 9.47 Å². The average Bonchev–Trinajstić information content (AvgIpc) is 2.58. The Kier molecular flexibility index (Phi) is 14.7. The molecule has 0 rings (SSSR count). The molecule has 0 aliphatic carbocycles. The topological polar surface area (TPSA) is 18.5 Å². The molecule has 138 valence electrons. The van der Waals surface area contributed by atoms with Crippen LogP contribution in [0.25, 0.3) is 0 Å². The fourth-order valence-electron chi connectivity index (χ4n) is 3.70. The zero-order valence-electron chi connectivity index (χ0n) is 16.5. The Morgan fingerprint density at radius 2 is 1.48 bits per heavy atom. The van der Waals surface area contributed by atoms with E-state index in [0.717, 1.165) is 25.9 Å². The van der Waals surface area contributed by atoms with Gasteiger partial charge in [-0.25, -0.2) is 0 Å². The van der Waals surface area contributed by atoms with Crippen molar-refractivity contribution in [2.75, 3.05) is 13.7 Å². The quantitative estimate of drug-likeness (QED) is 0.227. The van der Waals surface area contributed by atoms with Gasteiger partial charge in [-0.3, -0.25) is 0 Å². The van der Waals surface area contributed by atoms with Crippen molar-refractivity contribution in [2.45, 2.75) is 104 Å². The lowest BCUT2D eigenvalue weighted by Gasteiger charge is -2.39. The molecule has 0 aliphatic heterocycles. The summed E-state index contributed by atoms with van der Waals surface area (Å²) in [6, 6.07) is 0. The smallest absolute Gasteiger partial charge is 0.0873 e. The lowest BCUT2D eigenvalue weighted by atomic mass is 9.77. The first-order valence-corrected chi connectivity index (χ1v) is 9.98. The van der Waals surface area contributed by atoms with E-state index in [1.54, 1.807) is 6.26 Å². The first-order chi connectivity index (χ1) is 11.2. The minimum absolute atomic E-state index is 0.0595. The van der Waals surface area contributed by atoms with Crippen molar-refractivity contribution in [3.8, 4) is 0 Å². The summed E-state index contributed by atoms with van der Waals surface area (Å²) >= 11 is 0. The molecule has 0 radical (unpaired) electrons. The van der Waals surface area contributed by atoms with Crippen LogP contribution in [0.2, 0.25) is 0 Å². The average molecular weight is 327 g/mol. The highest BCUT2D eigenvalue weighted by Gasteiger charge is 2.34. The maximum Gasteiger partial charge on any atom is 0.0873 e. The fourth-order valence-corrected chi connectivity index (χ4v) is 3.70. The summed E-state index contributed by atoms with van der Waals surface area (Å²) in [5.74, 6) is 0.655. The summed E-state index contributed by atoms with van der Waals surface area (Å²) in [6.07, 6.45) is 17.8. The summed E-state index contributed by atoms with van der Waals surface area (Å²) in [5.41, 5.74) is 0.0595. The fraction of sp³-hybridized carbons (Fsp3) is 0.905. The van der Waals surface area contributed by atoms with E-state index in [0.29, 0.717) is 5.92 Å². The van der Waals surface area contributed by atoms with Gasteiger partial charge >= 0.3 is 0 Å². The van der Waals surface area contributed by atoms with Crippen molar-refractivity contribution in [3.05, 3.63) is 12.3 Å². The third-order valence-corrected chi connectivity index (χ3v) is 5.30. The molecule has 0 aromatic heterocycles. The highest BCUT2D eigenvalue weighted by Crippen LogP contribution is 2.36. The molecule has 23 heavy (non-hydrogen) atoms. The van der Waals surface area contributed by atoms with E-state index in [1.807, 2.05) is 20.1 Å². The normalized spacial score (nSPS) is 13.6. The van der Waals surface area contributed by atoms with Gasteiger partial charge in [0.2, 0.25) is 0 Å². The van der Waals surface area contributed by atoms with Crippen LogP contribution in [0.4, 0.5) is 0 Å². The van der Waals surface area contributed by atoms with Gasteiger partial charge in [-0.2, -0.15) is 0 Å². The Balaban J connectivity index is 4.36. The molecule has 0 amide bonds. The van der Waals surface area contributed by atoms with Gasteiger partial charge in [0.25, 0.3) is 0 Å². The molecule has 0 fully saturated rings. The van der Waals surface area contributed by atoms with Gasteiger partial charge in [0.15, 0.2) is 0 Å². The van der Waals surface area contributed by atoms with Crippen LogP contribution in [-0.2, 0) is 9.47 Å². The molecule has 0 saturated carbocycles. The molecule has 0 aromatic rings. The van der Waals surface area contributed by atoms with E-state index >= 15 is 0 Å². The maximum atomic E-state index is 6.02. The second kappa shape index (κ2) is 15.1. The van der Waals surface area contributed by atoms with Crippen LogP contribution in [0.3, 0.4) is 0 Å². The number of ether oxygens (including phenoxy) is 2. The van der Waals surface area contributed by atoms with Crippen molar-refractivity contribution < 1.29 is 9.47 Å². The number of hydrogen-bond acceptors (Lipinski definition) is 2. The number of unbranched alkanes of at least 4 members (excludes halogenated alkanes) is 5. The molecule has 0 spiro atoms. The number of methoxy groups -OCH3 is 1. The Morgan fingerprint density at radius 3 is 2.04 bits per heavy atom. The second-order valence-electron chi connectivity index (χ2n) is 6.71. The van der Waals surface area contributed by atoms with Crippen molar-refractivity contribution in [2.24, 2.45) is 5.92 Å². The maximum absolute atomic E-state index is 6.02. The van der Waals surface area contributed by atoms with E-state index in [4.69, 9.17) is 9.47 Å². The van der Waals surface area contributed by atoms with Crippen LogP contribution >= 0.6 is 0 Å². The van der Waals surface area contributed by atoms with E-state index in [2.05, 4.69) is 20.8 Å². The molecular weight excluding hydrogens is 284 g/mol. The van der Waals surface area contributed by atoms with Crippen LogP contribution in [0, 0.1) is 5.92 Å². The molecular formula is C21H42O2. The first-order valence-electron chi connectivity index (χ1n) is 9.98. The van der Waals surface area contributed by atoms with Gasteiger partial charge in [0.05, 0.1) is 18.5 Å². The predicted molar refractivity (Wildman–Crippen MR) is 102 cm³/mol. The molecule has 0 saturated heterocycles. The van der Waals surface area contributed by atoms with E-state index in [9.17, 15) is 0 Å². The van der Waals surface area contributed by atoms with Crippen molar-refractivity contribution in [1.29, 1.82) is 0 Å². The molecule has 1 atom stereocenters. The third kappa shape index (κ3) is 9.39. The highest BCUT2D eigenvalue weighted by molar-refractivity contribution is 4.86. The lowest BCUT2D eigenvalue weighted by Crippen LogP contribution is -2.39. The first kappa shape index (κ1) is 22.5. The van der Waals surface area contributed by atoms with Crippen LogP contribution < -0.4 is 0 Å². The van der Waals surface area contributed by atoms with Crippen LogP contribution in [0.5, 0.6) is 0 Å². The number of allylic oxidation sites excluding steroid dienone is 1. The van der Waals surface area contributed by atoms with E-state index < -0.39 is 0 Å². The Bertz CT molecular complexity index is 261. The molecule has 0 bridgehead atoms. The summed E-state index contributed by atoms with van der Waals surface area (Å²) in [6.45, 7) is 9.65. The zero-order valence-corrected chi connectivity index (χ0v) is 16.5. The molecule has 0 aliphatic rings. The summed E-state index contributed by atoms with van der Waals surface area (Å²) < 4.78 is 11.5. The Labute approximate surface area is 146 Å². The largest absolute Gasteiger partial charge is 0.502 e. The highest BCUT2D eigenvalue weighted by atomic mass is 16.5. The molecule has 2 nitrogen and oxygen atoms in total. The Hall–Kier alpha value is -0.500. The number of rotatable bonds is 16. The SMILES string of the molecule is CC=COCCCC(CCCCCCCC)C(CC)(CC)OC. The summed E-state index contributed by atoms with van der Waals surface area (Å²) in [7, 11) is 1.90. The Morgan fingerprint density at radius 1 is 0.870 bits per heavy atom.